The molecule has 0 heterocycles. The number of esters is 1. The molecule has 0 amide bonds. The highest BCUT2D eigenvalue weighted by molar-refractivity contribution is 6.36. The van der Waals surface area contributed by atoms with Crippen molar-refractivity contribution in [1.82, 2.24) is 0 Å². The van der Waals surface area contributed by atoms with Gasteiger partial charge in [-0.25, -0.2) is 0 Å². The van der Waals surface area contributed by atoms with Crippen molar-refractivity contribution in [2.24, 2.45) is 5.41 Å². The van der Waals surface area contributed by atoms with E-state index in [1.807, 2.05) is 0 Å². The van der Waals surface area contributed by atoms with Crippen molar-refractivity contribution in [3.8, 4) is 0 Å². The van der Waals surface area contributed by atoms with Gasteiger partial charge < -0.3 is 4.74 Å². The van der Waals surface area contributed by atoms with Crippen LogP contribution >= 0.6 is 23.2 Å². The molecule has 1 aliphatic carbocycles. The van der Waals surface area contributed by atoms with Gasteiger partial charge in [0.2, 0.25) is 6.54 Å². The van der Waals surface area contributed by atoms with E-state index in [0.717, 1.165) is 0 Å². The molecule has 1 aromatic carbocycles. The molecule has 1 aliphatic rings. The Labute approximate surface area is 162 Å². The van der Waals surface area contributed by atoms with Gasteiger partial charge in [-0.15, -0.1) is 0 Å². The number of ketones is 1. The Kier molecular flexibility index (Phi) is 5.98. The van der Waals surface area contributed by atoms with E-state index < -0.39 is 34.4 Å². The molecule has 0 unspecified atom stereocenters. The maximum absolute atomic E-state index is 13.1. The summed E-state index contributed by atoms with van der Waals surface area (Å²) in [5, 5.41) is 11.7. The number of ether oxygens (including phenoxy) is 1. The van der Waals surface area contributed by atoms with Crippen LogP contribution in [0.15, 0.2) is 18.2 Å². The summed E-state index contributed by atoms with van der Waals surface area (Å²) in [6.45, 7) is 4.41. The van der Waals surface area contributed by atoms with Gasteiger partial charge in [0, 0.05) is 27.0 Å². The van der Waals surface area contributed by atoms with Crippen molar-refractivity contribution in [1.29, 1.82) is 0 Å². The molecule has 1 saturated carbocycles. The summed E-state index contributed by atoms with van der Waals surface area (Å²) < 4.78 is 5.49. The summed E-state index contributed by atoms with van der Waals surface area (Å²) in [5.41, 5.74) is -2.25. The van der Waals surface area contributed by atoms with Crippen LogP contribution in [0.4, 0.5) is 0 Å². The zero-order chi connectivity index (χ0) is 19.7. The Morgan fingerprint density at radius 3 is 2.35 bits per heavy atom. The molecule has 0 saturated heterocycles. The van der Waals surface area contributed by atoms with Gasteiger partial charge >= 0.3 is 5.97 Å². The Balaban J connectivity index is 2.66. The highest BCUT2D eigenvalue weighted by atomic mass is 35.5. The fourth-order valence-corrected chi connectivity index (χ4v) is 4.13. The smallest absolute Gasteiger partial charge is 0.321 e. The predicted molar refractivity (Wildman–Crippen MR) is 98.2 cm³/mol. The zero-order valence-corrected chi connectivity index (χ0v) is 16.4. The normalized spacial score (nSPS) is 21.5. The average molecular weight is 402 g/mol. The maximum atomic E-state index is 13.1. The minimum absolute atomic E-state index is 0.162. The van der Waals surface area contributed by atoms with Crippen LogP contribution in [-0.2, 0) is 14.3 Å². The third-order valence-corrected chi connectivity index (χ3v) is 5.17. The summed E-state index contributed by atoms with van der Waals surface area (Å²) in [5.74, 6) is -2.21. The molecular weight excluding hydrogens is 381 g/mol. The fraction of sp³-hybridized carbons (Fsp3) is 0.556. The molecule has 2 rings (SSSR count). The molecule has 1 aromatic rings. The Hall–Kier alpha value is -1.66. The first-order chi connectivity index (χ1) is 12.0. The van der Waals surface area contributed by atoms with E-state index in [1.54, 1.807) is 26.8 Å². The van der Waals surface area contributed by atoms with E-state index in [2.05, 4.69) is 0 Å². The second kappa shape index (κ2) is 7.53. The van der Waals surface area contributed by atoms with Gasteiger partial charge in [-0.2, -0.15) is 0 Å². The number of hydrogen-bond donors (Lipinski definition) is 0. The SMILES string of the molecule is CC(C)(C)OC(=O)[C@@]1([C@@H](C[N+](=O)[O-])c2c(Cl)cccc2Cl)CCCC1=O. The van der Waals surface area contributed by atoms with Crippen molar-refractivity contribution in [2.75, 3.05) is 6.54 Å². The van der Waals surface area contributed by atoms with Crippen LogP contribution in [0.2, 0.25) is 10.0 Å². The average Bonchev–Trinajstić information content (AvgIpc) is 2.86. The van der Waals surface area contributed by atoms with Crippen molar-refractivity contribution < 1.29 is 19.2 Å². The third-order valence-electron chi connectivity index (χ3n) is 4.51. The summed E-state index contributed by atoms with van der Waals surface area (Å²) in [6.07, 6.45) is 0.782. The van der Waals surface area contributed by atoms with Gasteiger partial charge in [0.15, 0.2) is 5.78 Å². The highest BCUT2D eigenvalue weighted by Gasteiger charge is 2.59. The standard InChI is InChI=1S/C18H21Cl2NO5/c1-17(2,3)26-16(23)18(9-5-8-14(18)22)11(10-21(24)25)15-12(19)6-4-7-13(15)20/h4,6-7,11H,5,8-10H2,1-3H3/t11-,18+/m0/s1. The van der Waals surface area contributed by atoms with Gasteiger partial charge in [-0.3, -0.25) is 19.7 Å². The molecule has 2 atom stereocenters. The Morgan fingerprint density at radius 1 is 1.35 bits per heavy atom. The van der Waals surface area contributed by atoms with Crippen molar-refractivity contribution in [2.45, 2.75) is 51.6 Å². The lowest BCUT2D eigenvalue weighted by molar-refractivity contribution is -0.485. The van der Waals surface area contributed by atoms with E-state index in [9.17, 15) is 19.7 Å². The van der Waals surface area contributed by atoms with Gasteiger partial charge in [0.1, 0.15) is 11.0 Å². The third kappa shape index (κ3) is 4.01. The van der Waals surface area contributed by atoms with Gasteiger partial charge in [0.05, 0.1) is 5.92 Å². The highest BCUT2D eigenvalue weighted by Crippen LogP contribution is 2.51. The molecular formula is C18H21Cl2NO5. The van der Waals surface area contributed by atoms with Crippen molar-refractivity contribution in [3.05, 3.63) is 43.9 Å². The monoisotopic (exact) mass is 401 g/mol. The number of rotatable bonds is 5. The number of Topliss-reactive ketones (excluding diaryl/α,β-unsaturated/α-hetero) is 1. The molecule has 1 fully saturated rings. The van der Waals surface area contributed by atoms with Gasteiger partial charge in [-0.05, 0) is 45.7 Å². The summed E-state index contributed by atoms with van der Waals surface area (Å²) in [4.78, 5) is 36.7. The number of nitrogens with zero attached hydrogens (tertiary/aromatic N) is 1. The zero-order valence-electron chi connectivity index (χ0n) is 14.9. The number of carbonyl (C=O) groups excluding carboxylic acids is 2. The first kappa shape index (κ1) is 20.6. The van der Waals surface area contributed by atoms with Crippen molar-refractivity contribution >= 4 is 35.0 Å². The molecule has 0 bridgehead atoms. The van der Waals surface area contributed by atoms with Crippen molar-refractivity contribution in [3.63, 3.8) is 0 Å². The minimum Gasteiger partial charge on any atom is -0.459 e. The first-order valence-corrected chi connectivity index (χ1v) is 9.07. The maximum Gasteiger partial charge on any atom is 0.321 e. The fourth-order valence-electron chi connectivity index (χ4n) is 3.47. The molecule has 0 radical (unpaired) electrons. The number of nitro groups is 1. The number of halogens is 2. The molecule has 0 aromatic heterocycles. The van der Waals surface area contributed by atoms with E-state index in [4.69, 9.17) is 27.9 Å². The van der Waals surface area contributed by atoms with Crippen LogP contribution < -0.4 is 0 Å². The number of carbonyl (C=O) groups is 2. The van der Waals surface area contributed by atoms with Crippen LogP contribution in [-0.4, -0.2) is 28.8 Å². The van der Waals surface area contributed by atoms with E-state index in [-0.39, 0.29) is 34.2 Å². The summed E-state index contributed by atoms with van der Waals surface area (Å²) in [6, 6.07) is 4.68. The lowest BCUT2D eigenvalue weighted by atomic mass is 9.69. The predicted octanol–water partition coefficient (Wildman–Crippen LogP) is 4.43. The molecule has 142 valence electrons. The summed E-state index contributed by atoms with van der Waals surface area (Å²) >= 11 is 12.5. The quantitative estimate of drug-likeness (QED) is 0.315. The van der Waals surface area contributed by atoms with Crippen LogP contribution in [0.25, 0.3) is 0 Å². The topological polar surface area (TPSA) is 86.5 Å². The van der Waals surface area contributed by atoms with Crippen LogP contribution in [0.1, 0.15) is 51.5 Å². The minimum atomic E-state index is -1.66. The van der Waals surface area contributed by atoms with Crippen LogP contribution in [0.3, 0.4) is 0 Å². The largest absolute Gasteiger partial charge is 0.459 e. The molecule has 0 N–H and O–H groups in total. The van der Waals surface area contributed by atoms with Gasteiger partial charge in [-0.1, -0.05) is 29.3 Å². The second-order valence-corrected chi connectivity index (χ2v) is 8.27. The lowest BCUT2D eigenvalue weighted by Gasteiger charge is -2.35. The Morgan fingerprint density at radius 2 is 1.92 bits per heavy atom. The summed E-state index contributed by atoms with van der Waals surface area (Å²) in [7, 11) is 0. The molecule has 6 nitrogen and oxygen atoms in total. The molecule has 8 heteroatoms. The molecule has 26 heavy (non-hydrogen) atoms. The van der Waals surface area contributed by atoms with E-state index in [0.29, 0.717) is 6.42 Å². The first-order valence-electron chi connectivity index (χ1n) is 8.31. The van der Waals surface area contributed by atoms with Crippen LogP contribution in [0.5, 0.6) is 0 Å². The van der Waals surface area contributed by atoms with E-state index in [1.165, 1.54) is 12.1 Å². The Bertz CT molecular complexity index is 723. The van der Waals surface area contributed by atoms with Gasteiger partial charge in [0.25, 0.3) is 0 Å². The van der Waals surface area contributed by atoms with E-state index >= 15 is 0 Å². The number of hydrogen-bond acceptors (Lipinski definition) is 5. The lowest BCUT2D eigenvalue weighted by Crippen LogP contribution is -2.47. The molecule has 0 aliphatic heterocycles. The van der Waals surface area contributed by atoms with Crippen LogP contribution in [0, 0.1) is 15.5 Å². The second-order valence-electron chi connectivity index (χ2n) is 7.45. The number of benzene rings is 1. The molecule has 0 spiro atoms.